The molecule has 0 aliphatic heterocycles. The first-order valence-corrected chi connectivity index (χ1v) is 7.10. The van der Waals surface area contributed by atoms with Crippen LogP contribution in [-0.2, 0) is 0 Å². The summed E-state index contributed by atoms with van der Waals surface area (Å²) in [4.78, 5) is 0. The molecule has 0 aromatic rings. The normalized spacial score (nSPS) is 13.8. The van der Waals surface area contributed by atoms with Crippen LogP contribution in [0.4, 0.5) is 0 Å². The van der Waals surface area contributed by atoms with Crippen LogP contribution in [0.1, 0.15) is 79.1 Å². The zero-order valence-electron chi connectivity index (χ0n) is 12.0. The van der Waals surface area contributed by atoms with Gasteiger partial charge in [-0.25, -0.2) is 0 Å². The number of hydrogen-bond donors (Lipinski definition) is 0. The van der Waals surface area contributed by atoms with Gasteiger partial charge in [0.25, 0.3) is 0 Å². The Morgan fingerprint density at radius 1 is 1.06 bits per heavy atom. The van der Waals surface area contributed by atoms with E-state index in [0.29, 0.717) is 5.41 Å². The second-order valence-corrected chi connectivity index (χ2v) is 6.33. The van der Waals surface area contributed by atoms with Gasteiger partial charge in [0.15, 0.2) is 0 Å². The summed E-state index contributed by atoms with van der Waals surface area (Å²) in [6.45, 7) is 13.2. The Labute approximate surface area is 104 Å². The summed E-state index contributed by atoms with van der Waals surface area (Å²) in [6, 6.07) is 0. The van der Waals surface area contributed by atoms with Crippen LogP contribution in [-0.4, -0.2) is 0 Å². The molecule has 0 saturated carbocycles. The first-order chi connectivity index (χ1) is 7.49. The molecule has 0 aromatic heterocycles. The van der Waals surface area contributed by atoms with Gasteiger partial charge in [0, 0.05) is 0 Å². The molecule has 0 aliphatic rings. The molecule has 0 fully saturated rings. The molecule has 0 radical (unpaired) electrons. The Balaban J connectivity index is 3.76. The average molecular weight is 224 g/mol. The van der Waals surface area contributed by atoms with E-state index in [4.69, 9.17) is 0 Å². The Morgan fingerprint density at radius 3 is 2.19 bits per heavy atom. The molecule has 0 heterocycles. The maximum Gasteiger partial charge on any atom is -0.0351 e. The van der Waals surface area contributed by atoms with Crippen molar-refractivity contribution in [3.63, 3.8) is 0 Å². The van der Waals surface area contributed by atoms with Gasteiger partial charge in [-0.2, -0.15) is 0 Å². The molecule has 16 heavy (non-hydrogen) atoms. The van der Waals surface area contributed by atoms with Crippen LogP contribution in [0.3, 0.4) is 0 Å². The topological polar surface area (TPSA) is 0 Å². The molecule has 0 aromatic carbocycles. The largest absolute Gasteiger partial charge is 0.103 e. The smallest absolute Gasteiger partial charge is 0.0351 e. The minimum Gasteiger partial charge on any atom is -0.103 e. The highest BCUT2D eigenvalue weighted by Gasteiger charge is 2.12. The first kappa shape index (κ1) is 15.7. The molecule has 0 amide bonds. The Kier molecular flexibility index (Phi) is 8.70. The molecule has 1 atom stereocenters. The first-order valence-electron chi connectivity index (χ1n) is 7.10. The summed E-state index contributed by atoms with van der Waals surface area (Å²) in [7, 11) is 0. The van der Waals surface area contributed by atoms with Gasteiger partial charge in [0.1, 0.15) is 0 Å². The predicted octanol–water partition coefficient (Wildman–Crippen LogP) is 5.98. The van der Waals surface area contributed by atoms with Gasteiger partial charge in [-0.3, -0.25) is 0 Å². The van der Waals surface area contributed by atoms with Crippen LogP contribution in [0.2, 0.25) is 0 Å². The van der Waals surface area contributed by atoms with Crippen molar-refractivity contribution in [1.29, 1.82) is 0 Å². The van der Waals surface area contributed by atoms with E-state index in [1.807, 2.05) is 0 Å². The van der Waals surface area contributed by atoms with E-state index in [-0.39, 0.29) is 0 Å². The summed E-state index contributed by atoms with van der Waals surface area (Å²) in [5, 5.41) is 0. The van der Waals surface area contributed by atoms with Crippen LogP contribution in [0, 0.1) is 11.3 Å². The Morgan fingerprint density at radius 2 is 1.69 bits per heavy atom. The molecule has 1 unspecified atom stereocenters. The highest BCUT2D eigenvalue weighted by molar-refractivity contribution is 4.71. The number of unbranched alkanes of at least 4 members (excludes halogenated alkanes) is 1. The molecule has 0 rings (SSSR count). The van der Waals surface area contributed by atoms with E-state index in [2.05, 4.69) is 40.3 Å². The van der Waals surface area contributed by atoms with Gasteiger partial charge >= 0.3 is 0 Å². The maximum absolute atomic E-state index is 3.83. The fraction of sp³-hybridized carbons (Fsp3) is 0.875. The second-order valence-electron chi connectivity index (χ2n) is 6.33. The van der Waals surface area contributed by atoms with E-state index in [0.717, 1.165) is 5.92 Å². The zero-order valence-corrected chi connectivity index (χ0v) is 12.0. The van der Waals surface area contributed by atoms with Gasteiger partial charge in [-0.05, 0) is 30.6 Å². The third-order valence-corrected chi connectivity index (χ3v) is 3.28. The minimum atomic E-state index is 0.508. The molecule has 0 heteroatoms. The molecular formula is C16H32. The minimum absolute atomic E-state index is 0.508. The lowest BCUT2D eigenvalue weighted by Gasteiger charge is -2.21. The third kappa shape index (κ3) is 10.3. The molecule has 0 nitrogen and oxygen atoms in total. The Bertz CT molecular complexity index is 161. The molecule has 0 aliphatic carbocycles. The summed E-state index contributed by atoms with van der Waals surface area (Å²) < 4.78 is 0. The van der Waals surface area contributed by atoms with Crippen molar-refractivity contribution < 1.29 is 0 Å². The fourth-order valence-electron chi connectivity index (χ4n) is 2.20. The summed E-state index contributed by atoms with van der Waals surface area (Å²) in [5.41, 5.74) is 0.508. The highest BCUT2D eigenvalue weighted by Crippen LogP contribution is 2.27. The lowest BCUT2D eigenvalue weighted by atomic mass is 9.85. The van der Waals surface area contributed by atoms with Gasteiger partial charge in [0.2, 0.25) is 0 Å². The third-order valence-electron chi connectivity index (χ3n) is 3.28. The van der Waals surface area contributed by atoms with Crippen molar-refractivity contribution in [2.75, 3.05) is 0 Å². The van der Waals surface area contributed by atoms with Crippen molar-refractivity contribution in [3.05, 3.63) is 12.7 Å². The number of allylic oxidation sites excluding steroid dienone is 1. The Hall–Kier alpha value is -0.260. The van der Waals surface area contributed by atoms with E-state index in [1.54, 1.807) is 0 Å². The van der Waals surface area contributed by atoms with Crippen molar-refractivity contribution in [3.8, 4) is 0 Å². The maximum atomic E-state index is 3.83. The SMILES string of the molecule is C=CCCC(CCCC)CCCC(C)(C)C. The lowest BCUT2D eigenvalue weighted by molar-refractivity contribution is 0.321. The number of rotatable bonds is 9. The van der Waals surface area contributed by atoms with E-state index in [1.165, 1.54) is 51.4 Å². The monoisotopic (exact) mass is 224 g/mol. The van der Waals surface area contributed by atoms with Gasteiger partial charge in [0.05, 0.1) is 0 Å². The van der Waals surface area contributed by atoms with Crippen molar-refractivity contribution in [2.45, 2.75) is 79.1 Å². The fourth-order valence-corrected chi connectivity index (χ4v) is 2.20. The summed E-state index contributed by atoms with van der Waals surface area (Å²) in [6.07, 6.45) is 13.0. The molecular weight excluding hydrogens is 192 g/mol. The quantitative estimate of drug-likeness (QED) is 0.423. The molecule has 0 bridgehead atoms. The molecule has 0 saturated heterocycles. The average Bonchev–Trinajstić information content (AvgIpc) is 2.19. The predicted molar refractivity (Wildman–Crippen MR) is 75.8 cm³/mol. The van der Waals surface area contributed by atoms with Crippen LogP contribution >= 0.6 is 0 Å². The van der Waals surface area contributed by atoms with Crippen LogP contribution in [0.15, 0.2) is 12.7 Å². The van der Waals surface area contributed by atoms with E-state index in [9.17, 15) is 0 Å². The van der Waals surface area contributed by atoms with Crippen LogP contribution in [0.25, 0.3) is 0 Å². The molecule has 0 N–H and O–H groups in total. The summed E-state index contributed by atoms with van der Waals surface area (Å²) >= 11 is 0. The second kappa shape index (κ2) is 8.84. The van der Waals surface area contributed by atoms with Crippen molar-refractivity contribution in [1.82, 2.24) is 0 Å². The zero-order chi connectivity index (χ0) is 12.4. The van der Waals surface area contributed by atoms with Gasteiger partial charge in [-0.15, -0.1) is 6.58 Å². The van der Waals surface area contributed by atoms with Crippen LogP contribution in [0.5, 0.6) is 0 Å². The number of hydrogen-bond acceptors (Lipinski definition) is 0. The van der Waals surface area contributed by atoms with Crippen LogP contribution < -0.4 is 0 Å². The van der Waals surface area contributed by atoms with Crippen molar-refractivity contribution >= 4 is 0 Å². The van der Waals surface area contributed by atoms with Gasteiger partial charge < -0.3 is 0 Å². The van der Waals surface area contributed by atoms with E-state index >= 15 is 0 Å². The highest BCUT2D eigenvalue weighted by atomic mass is 14.2. The standard InChI is InChI=1S/C16H32/c1-6-8-11-15(12-9-7-2)13-10-14-16(3,4)5/h6,15H,1,7-14H2,2-5H3. The van der Waals surface area contributed by atoms with Gasteiger partial charge in [-0.1, -0.05) is 65.9 Å². The molecule has 0 spiro atoms. The van der Waals surface area contributed by atoms with Crippen molar-refractivity contribution in [2.24, 2.45) is 11.3 Å². The lowest BCUT2D eigenvalue weighted by Crippen LogP contribution is -2.07. The summed E-state index contributed by atoms with van der Waals surface area (Å²) in [5.74, 6) is 0.945. The van der Waals surface area contributed by atoms with E-state index < -0.39 is 0 Å². The molecule has 96 valence electrons.